The predicted octanol–water partition coefficient (Wildman–Crippen LogP) is 0.996. The maximum absolute atomic E-state index is 12.4. The van der Waals surface area contributed by atoms with Crippen molar-refractivity contribution in [3.05, 3.63) is 35.9 Å². The minimum atomic E-state index is -1.60. The van der Waals surface area contributed by atoms with Crippen LogP contribution in [-0.4, -0.2) is 46.8 Å². The highest BCUT2D eigenvalue weighted by atomic mass is 16.6. The van der Waals surface area contributed by atoms with E-state index >= 15 is 0 Å². The summed E-state index contributed by atoms with van der Waals surface area (Å²) >= 11 is 0. The molecule has 0 bridgehead atoms. The molecule has 0 saturated carbocycles. The first-order valence-electron chi connectivity index (χ1n) is 7.29. The number of carbonyl (C=O) groups excluding carboxylic acids is 1. The van der Waals surface area contributed by atoms with Crippen molar-refractivity contribution in [3.8, 4) is 0 Å². The fourth-order valence-electron chi connectivity index (χ4n) is 2.73. The lowest BCUT2D eigenvalue weighted by molar-refractivity contribution is -0.199. The Morgan fingerprint density at radius 2 is 2.05 bits per heavy atom. The molecule has 0 amide bonds. The lowest BCUT2D eigenvalue weighted by Crippen LogP contribution is -2.57. The second-order valence-corrected chi connectivity index (χ2v) is 6.08. The molecular formula is C16H22N2O4. The number of hydrogen-bond acceptors (Lipinski definition) is 5. The molecule has 1 fully saturated rings. The summed E-state index contributed by atoms with van der Waals surface area (Å²) in [6.07, 6.45) is 1.22. The Labute approximate surface area is 129 Å². The fraction of sp³-hybridized carbons (Fsp3) is 0.500. The van der Waals surface area contributed by atoms with Gasteiger partial charge in [0.15, 0.2) is 0 Å². The molecule has 0 spiro atoms. The van der Waals surface area contributed by atoms with E-state index in [0.29, 0.717) is 13.0 Å². The first kappa shape index (κ1) is 16.5. The molecule has 120 valence electrons. The number of hydrogen-bond donors (Lipinski definition) is 2. The van der Waals surface area contributed by atoms with Gasteiger partial charge in [-0.05, 0) is 26.0 Å². The van der Waals surface area contributed by atoms with Gasteiger partial charge in [0.05, 0.1) is 0 Å². The van der Waals surface area contributed by atoms with Crippen molar-refractivity contribution < 1.29 is 19.4 Å². The monoisotopic (exact) mass is 306 g/mol. The largest absolute Gasteiger partial charge is 0.477 e. The van der Waals surface area contributed by atoms with Gasteiger partial charge in [-0.3, -0.25) is 4.90 Å². The van der Waals surface area contributed by atoms with Crippen LogP contribution in [0.25, 0.3) is 0 Å². The summed E-state index contributed by atoms with van der Waals surface area (Å²) < 4.78 is 5.37. The van der Waals surface area contributed by atoms with Gasteiger partial charge in [-0.1, -0.05) is 30.3 Å². The summed E-state index contributed by atoms with van der Waals surface area (Å²) in [5.41, 5.74) is 4.10. The molecule has 22 heavy (non-hydrogen) atoms. The van der Waals surface area contributed by atoms with Crippen LogP contribution < -0.4 is 5.73 Å². The molecule has 3 N–H and O–H groups in total. The van der Waals surface area contributed by atoms with Crippen LogP contribution in [0.15, 0.2) is 30.3 Å². The van der Waals surface area contributed by atoms with E-state index in [2.05, 4.69) is 0 Å². The highest BCUT2D eigenvalue weighted by Gasteiger charge is 2.51. The molecule has 1 aromatic carbocycles. The van der Waals surface area contributed by atoms with Crippen molar-refractivity contribution in [2.24, 2.45) is 5.73 Å². The SMILES string of the molecule is CN1CCC[C@]1(OC(=O)[C@@](C)(N)Cc1ccccc1)C(=O)O. The maximum Gasteiger partial charge on any atom is 0.364 e. The Morgan fingerprint density at radius 3 is 2.55 bits per heavy atom. The molecule has 6 nitrogen and oxygen atoms in total. The van der Waals surface area contributed by atoms with Crippen LogP contribution in [0.3, 0.4) is 0 Å². The number of nitrogens with zero attached hydrogens (tertiary/aromatic N) is 1. The molecule has 0 unspecified atom stereocenters. The van der Waals surface area contributed by atoms with E-state index in [1.807, 2.05) is 30.3 Å². The number of carbonyl (C=O) groups is 2. The van der Waals surface area contributed by atoms with Crippen molar-refractivity contribution in [3.63, 3.8) is 0 Å². The van der Waals surface area contributed by atoms with Crippen LogP contribution in [-0.2, 0) is 20.7 Å². The number of nitrogens with two attached hydrogens (primary N) is 1. The number of likely N-dealkylation sites (N-methyl/N-ethyl adjacent to an activating group) is 1. The number of esters is 1. The van der Waals surface area contributed by atoms with E-state index in [0.717, 1.165) is 5.56 Å². The molecule has 1 saturated heterocycles. The molecule has 0 radical (unpaired) electrons. The van der Waals surface area contributed by atoms with E-state index < -0.39 is 23.2 Å². The van der Waals surface area contributed by atoms with Crippen molar-refractivity contribution in [2.45, 2.75) is 37.5 Å². The van der Waals surface area contributed by atoms with Gasteiger partial charge in [-0.2, -0.15) is 0 Å². The van der Waals surface area contributed by atoms with Gasteiger partial charge in [0.2, 0.25) is 0 Å². The second kappa shape index (κ2) is 6.06. The number of carboxylic acids is 1. The number of aliphatic carboxylic acids is 1. The fourth-order valence-corrected chi connectivity index (χ4v) is 2.73. The van der Waals surface area contributed by atoms with Crippen LogP contribution in [0.5, 0.6) is 0 Å². The molecule has 2 rings (SSSR count). The van der Waals surface area contributed by atoms with Crippen LogP contribution in [0, 0.1) is 0 Å². The molecule has 1 aromatic rings. The lowest BCUT2D eigenvalue weighted by Gasteiger charge is -2.34. The topological polar surface area (TPSA) is 92.9 Å². The van der Waals surface area contributed by atoms with Crippen LogP contribution in [0.2, 0.25) is 0 Å². The average Bonchev–Trinajstić information content (AvgIpc) is 2.82. The van der Waals surface area contributed by atoms with Gasteiger partial charge in [-0.15, -0.1) is 0 Å². The second-order valence-electron chi connectivity index (χ2n) is 6.08. The third-order valence-electron chi connectivity index (χ3n) is 4.10. The zero-order chi connectivity index (χ0) is 16.4. The molecule has 6 heteroatoms. The summed E-state index contributed by atoms with van der Waals surface area (Å²) in [5, 5.41) is 9.48. The maximum atomic E-state index is 12.4. The highest BCUT2D eigenvalue weighted by Crippen LogP contribution is 2.31. The Morgan fingerprint density at radius 1 is 1.41 bits per heavy atom. The van der Waals surface area contributed by atoms with Crippen LogP contribution in [0.4, 0.5) is 0 Å². The summed E-state index contributed by atoms with van der Waals surface area (Å²) in [7, 11) is 1.64. The van der Waals surface area contributed by atoms with E-state index in [9.17, 15) is 14.7 Å². The Balaban J connectivity index is 2.14. The molecule has 1 aliphatic heterocycles. The normalized spacial score (nSPS) is 24.7. The minimum Gasteiger partial charge on any atom is -0.477 e. The van der Waals surface area contributed by atoms with E-state index in [1.165, 1.54) is 0 Å². The van der Waals surface area contributed by atoms with E-state index in [1.54, 1.807) is 18.9 Å². The molecular weight excluding hydrogens is 284 g/mol. The Hall–Kier alpha value is -1.92. The molecule has 2 atom stereocenters. The minimum absolute atomic E-state index is 0.270. The van der Waals surface area contributed by atoms with Gasteiger partial charge in [0, 0.05) is 19.4 Å². The highest BCUT2D eigenvalue weighted by molar-refractivity contribution is 5.86. The Bertz CT molecular complexity index is 559. The smallest absolute Gasteiger partial charge is 0.364 e. The number of carboxylic acid groups (broad SMARTS) is 1. The molecule has 0 aliphatic carbocycles. The van der Waals surface area contributed by atoms with Gasteiger partial charge >= 0.3 is 11.9 Å². The summed E-state index contributed by atoms with van der Waals surface area (Å²) in [6.45, 7) is 2.13. The van der Waals surface area contributed by atoms with Crippen LogP contribution in [0.1, 0.15) is 25.3 Å². The van der Waals surface area contributed by atoms with Gasteiger partial charge in [-0.25, -0.2) is 9.59 Å². The average molecular weight is 306 g/mol. The van der Waals surface area contributed by atoms with Crippen LogP contribution >= 0.6 is 0 Å². The van der Waals surface area contributed by atoms with Crippen molar-refractivity contribution in [2.75, 3.05) is 13.6 Å². The first-order valence-corrected chi connectivity index (χ1v) is 7.29. The van der Waals surface area contributed by atoms with Crippen molar-refractivity contribution in [1.29, 1.82) is 0 Å². The number of benzene rings is 1. The number of ether oxygens (including phenoxy) is 1. The van der Waals surface area contributed by atoms with Gasteiger partial charge in [0.25, 0.3) is 5.72 Å². The summed E-state index contributed by atoms with van der Waals surface area (Å²) in [6, 6.07) is 9.34. The summed E-state index contributed by atoms with van der Waals surface area (Å²) in [4.78, 5) is 25.6. The number of rotatable bonds is 5. The zero-order valence-electron chi connectivity index (χ0n) is 12.9. The van der Waals surface area contributed by atoms with Crippen molar-refractivity contribution >= 4 is 11.9 Å². The first-order chi connectivity index (χ1) is 10.3. The quantitative estimate of drug-likeness (QED) is 0.788. The Kier molecular flexibility index (Phi) is 4.53. The van der Waals surface area contributed by atoms with Gasteiger partial charge < -0.3 is 15.6 Å². The molecule has 1 aliphatic rings. The van der Waals surface area contributed by atoms with Crippen molar-refractivity contribution in [1.82, 2.24) is 4.90 Å². The standard InChI is InChI=1S/C16H22N2O4/c1-15(17,11-12-7-4-3-5-8-12)14(21)22-16(13(19)20)9-6-10-18(16)2/h3-5,7-8H,6,9-11,17H2,1-2H3,(H,19,20)/t15-,16-/m0/s1. The number of likely N-dealkylation sites (tertiary alicyclic amines) is 1. The zero-order valence-corrected chi connectivity index (χ0v) is 12.9. The third-order valence-corrected chi connectivity index (χ3v) is 4.10. The molecule has 1 heterocycles. The van der Waals surface area contributed by atoms with E-state index in [4.69, 9.17) is 10.5 Å². The lowest BCUT2D eigenvalue weighted by atomic mass is 9.94. The summed E-state index contributed by atoms with van der Waals surface area (Å²) in [5.74, 6) is -1.86. The van der Waals surface area contributed by atoms with E-state index in [-0.39, 0.29) is 12.8 Å². The molecule has 0 aromatic heterocycles. The third kappa shape index (κ3) is 3.13. The van der Waals surface area contributed by atoms with Gasteiger partial charge in [0.1, 0.15) is 5.54 Å². The predicted molar refractivity (Wildman–Crippen MR) is 81.1 cm³/mol.